The Balaban J connectivity index is 0.00000267. The van der Waals surface area contributed by atoms with E-state index >= 15 is 0 Å². The molecule has 0 bridgehead atoms. The lowest BCUT2D eigenvalue weighted by molar-refractivity contribution is -0.142. The van der Waals surface area contributed by atoms with E-state index in [9.17, 15) is 27.2 Å². The van der Waals surface area contributed by atoms with Gasteiger partial charge in [-0.1, -0.05) is 6.07 Å². The van der Waals surface area contributed by atoms with Gasteiger partial charge in [-0.2, -0.15) is 22.7 Å². The van der Waals surface area contributed by atoms with Crippen molar-refractivity contribution in [3.8, 4) is 11.3 Å². The molecule has 0 radical (unpaired) electrons. The molecule has 1 saturated carbocycles. The van der Waals surface area contributed by atoms with Gasteiger partial charge in [0.25, 0.3) is 5.56 Å². The summed E-state index contributed by atoms with van der Waals surface area (Å²) in [6.07, 6.45) is 0.613. The second-order valence-electron chi connectivity index (χ2n) is 8.45. The molecule has 1 aliphatic carbocycles. The molecule has 1 fully saturated rings. The first kappa shape index (κ1) is 23.7. The minimum absolute atomic E-state index is 0. The third-order valence-corrected chi connectivity index (χ3v) is 6.16. The third-order valence-electron chi connectivity index (χ3n) is 6.16. The Morgan fingerprint density at radius 1 is 1.11 bits per heavy atom. The molecule has 0 unspecified atom stereocenters. The fraction of sp³-hybridized carbons (Fsp3) is 0.227. The molecule has 36 heavy (non-hydrogen) atoms. The van der Waals surface area contributed by atoms with Gasteiger partial charge in [0.15, 0.2) is 5.65 Å². The van der Waals surface area contributed by atoms with Gasteiger partial charge in [-0.3, -0.25) is 14.5 Å². The fourth-order valence-electron chi connectivity index (χ4n) is 4.52. The SMILES string of the molecule is Cl.O=c1[nH]cc(-c2cc([C@H]3C[C@@H]3c3ccc4c(F)nn(CC(F)(F)F)c4c3)c3nccn3n2)c(=O)[nH]1. The Labute approximate surface area is 204 Å². The first-order valence-electron chi connectivity index (χ1n) is 10.6. The first-order valence-corrected chi connectivity index (χ1v) is 10.6. The maximum Gasteiger partial charge on any atom is 0.408 e. The highest BCUT2D eigenvalue weighted by Gasteiger charge is 2.42. The van der Waals surface area contributed by atoms with Crippen molar-refractivity contribution in [2.45, 2.75) is 31.0 Å². The normalized spacial score (nSPS) is 17.4. The van der Waals surface area contributed by atoms with Gasteiger partial charge in [0.1, 0.15) is 6.54 Å². The van der Waals surface area contributed by atoms with E-state index in [4.69, 9.17) is 0 Å². The van der Waals surface area contributed by atoms with Crippen molar-refractivity contribution in [3.63, 3.8) is 0 Å². The van der Waals surface area contributed by atoms with Crippen LogP contribution in [0.15, 0.2) is 52.4 Å². The molecule has 1 aromatic carbocycles. The molecule has 5 aromatic rings. The molecule has 14 heteroatoms. The van der Waals surface area contributed by atoms with Crippen LogP contribution in [0.4, 0.5) is 17.6 Å². The van der Waals surface area contributed by atoms with Gasteiger partial charge >= 0.3 is 11.9 Å². The average molecular weight is 522 g/mol. The van der Waals surface area contributed by atoms with Crippen LogP contribution in [0.2, 0.25) is 0 Å². The Morgan fingerprint density at radius 2 is 1.92 bits per heavy atom. The Bertz CT molecular complexity index is 1740. The molecule has 0 saturated heterocycles. The molecule has 9 nitrogen and oxygen atoms in total. The number of benzene rings is 1. The highest BCUT2D eigenvalue weighted by atomic mass is 35.5. The topological polar surface area (TPSA) is 114 Å². The molecule has 0 aliphatic heterocycles. The Morgan fingerprint density at radius 3 is 2.67 bits per heavy atom. The molecule has 4 aromatic heterocycles. The molecule has 0 spiro atoms. The number of hydrogen-bond acceptors (Lipinski definition) is 5. The lowest BCUT2D eigenvalue weighted by Crippen LogP contribution is -2.23. The van der Waals surface area contributed by atoms with Gasteiger partial charge in [0.2, 0.25) is 5.95 Å². The number of nitrogens with zero attached hydrogens (tertiary/aromatic N) is 5. The molecule has 2 atom stereocenters. The van der Waals surface area contributed by atoms with Crippen LogP contribution >= 0.6 is 12.4 Å². The number of hydrogen-bond donors (Lipinski definition) is 2. The van der Waals surface area contributed by atoms with Crippen molar-refractivity contribution in [2.24, 2.45) is 0 Å². The van der Waals surface area contributed by atoms with E-state index in [-0.39, 0.29) is 40.7 Å². The number of aromatic nitrogens is 7. The van der Waals surface area contributed by atoms with E-state index in [0.717, 1.165) is 11.1 Å². The summed E-state index contributed by atoms with van der Waals surface area (Å²) in [5, 5.41) is 7.85. The first-order chi connectivity index (χ1) is 16.7. The van der Waals surface area contributed by atoms with Crippen LogP contribution in [0.5, 0.6) is 0 Å². The molecular formula is C22H16ClF4N7O2. The standard InChI is InChI=1S/C22H15F4N7O2.ClH/c23-18-11-2-1-10(5-17(11)33(31-18)9-22(24,25)26)12-6-13(12)14-7-16(30-32-4-3-27-19(14)32)15-8-28-21(35)29-20(15)34;/h1-5,7-8,12-13H,6,9H2,(H2,28,29,34,35);1H/t12-,13+;/m1./s1. The van der Waals surface area contributed by atoms with Gasteiger partial charge in [-0.25, -0.2) is 14.3 Å². The molecular weight excluding hydrogens is 506 g/mol. The maximum absolute atomic E-state index is 14.1. The van der Waals surface area contributed by atoms with E-state index in [1.54, 1.807) is 30.6 Å². The second-order valence-corrected chi connectivity index (χ2v) is 8.45. The summed E-state index contributed by atoms with van der Waals surface area (Å²) in [5.74, 6) is -1.06. The summed E-state index contributed by atoms with van der Waals surface area (Å²) >= 11 is 0. The predicted octanol–water partition coefficient (Wildman–Crippen LogP) is 3.52. The number of rotatable bonds is 4. The fourth-order valence-corrected chi connectivity index (χ4v) is 4.52. The number of alkyl halides is 3. The number of H-pyrrole nitrogens is 2. The zero-order valence-corrected chi connectivity index (χ0v) is 18.9. The van der Waals surface area contributed by atoms with Crippen LogP contribution in [0, 0.1) is 5.95 Å². The maximum atomic E-state index is 14.1. The van der Waals surface area contributed by atoms with Crippen molar-refractivity contribution in [2.75, 3.05) is 0 Å². The van der Waals surface area contributed by atoms with Crippen molar-refractivity contribution in [1.29, 1.82) is 0 Å². The molecule has 1 aliphatic rings. The highest BCUT2D eigenvalue weighted by Crippen LogP contribution is 2.56. The summed E-state index contributed by atoms with van der Waals surface area (Å²) in [4.78, 5) is 32.6. The van der Waals surface area contributed by atoms with Crippen LogP contribution in [0.3, 0.4) is 0 Å². The molecule has 6 rings (SSSR count). The van der Waals surface area contributed by atoms with Gasteiger partial charge < -0.3 is 4.98 Å². The summed E-state index contributed by atoms with van der Waals surface area (Å²) in [5.41, 5.74) is 1.47. The Hall–Kier alpha value is -4.00. The van der Waals surface area contributed by atoms with Crippen molar-refractivity contribution in [1.82, 2.24) is 34.3 Å². The zero-order chi connectivity index (χ0) is 24.5. The van der Waals surface area contributed by atoms with Gasteiger partial charge in [-0.15, -0.1) is 17.5 Å². The molecule has 4 heterocycles. The number of imidazole rings is 1. The number of fused-ring (bicyclic) bond motifs is 2. The summed E-state index contributed by atoms with van der Waals surface area (Å²) < 4.78 is 55.1. The predicted molar refractivity (Wildman–Crippen MR) is 123 cm³/mol. The zero-order valence-electron chi connectivity index (χ0n) is 18.1. The average Bonchev–Trinajstić information content (AvgIpc) is 3.34. The largest absolute Gasteiger partial charge is 0.408 e. The summed E-state index contributed by atoms with van der Waals surface area (Å²) in [6, 6.07) is 6.40. The van der Waals surface area contributed by atoms with E-state index in [1.165, 1.54) is 16.8 Å². The van der Waals surface area contributed by atoms with E-state index in [0.29, 0.717) is 22.4 Å². The van der Waals surface area contributed by atoms with E-state index in [2.05, 4.69) is 25.1 Å². The third kappa shape index (κ3) is 4.04. The van der Waals surface area contributed by atoms with Crippen LogP contribution in [-0.2, 0) is 6.54 Å². The molecule has 186 valence electrons. The van der Waals surface area contributed by atoms with Crippen LogP contribution in [-0.4, -0.2) is 40.5 Å². The van der Waals surface area contributed by atoms with Gasteiger partial charge in [0.05, 0.1) is 22.2 Å². The summed E-state index contributed by atoms with van der Waals surface area (Å²) in [6.45, 7) is -1.39. The lowest BCUT2D eigenvalue weighted by Gasteiger charge is -2.09. The number of nitrogens with one attached hydrogen (secondary N) is 2. The van der Waals surface area contributed by atoms with Crippen molar-refractivity contribution in [3.05, 3.63) is 80.8 Å². The van der Waals surface area contributed by atoms with Crippen molar-refractivity contribution >= 4 is 29.0 Å². The molecule has 2 N–H and O–H groups in total. The Kier molecular flexibility index (Phi) is 5.47. The number of aromatic amines is 2. The van der Waals surface area contributed by atoms with Crippen molar-refractivity contribution < 1.29 is 17.6 Å². The van der Waals surface area contributed by atoms with Crippen LogP contribution in [0.25, 0.3) is 27.8 Å². The van der Waals surface area contributed by atoms with E-state index in [1.807, 2.05) is 0 Å². The number of halogens is 5. The minimum atomic E-state index is -4.54. The lowest BCUT2D eigenvalue weighted by atomic mass is 10.0. The monoisotopic (exact) mass is 521 g/mol. The molecule has 0 amide bonds. The van der Waals surface area contributed by atoms with Crippen LogP contribution < -0.4 is 11.2 Å². The quantitative estimate of drug-likeness (QED) is 0.351. The minimum Gasteiger partial charge on any atom is -0.313 e. The van der Waals surface area contributed by atoms with Gasteiger partial charge in [-0.05, 0) is 42.0 Å². The summed E-state index contributed by atoms with van der Waals surface area (Å²) in [7, 11) is 0. The van der Waals surface area contributed by atoms with E-state index < -0.39 is 29.9 Å². The second kappa shape index (κ2) is 8.29. The smallest absolute Gasteiger partial charge is 0.313 e. The highest BCUT2D eigenvalue weighted by molar-refractivity contribution is 5.85. The van der Waals surface area contributed by atoms with Crippen LogP contribution in [0.1, 0.15) is 29.4 Å². The van der Waals surface area contributed by atoms with Gasteiger partial charge in [0, 0.05) is 24.2 Å².